The van der Waals surface area contributed by atoms with Crippen LogP contribution in [-0.2, 0) is 23.2 Å². The normalized spacial score (nSPS) is 21.2. The Kier molecular flexibility index (Phi) is 13.6. The molecule has 0 amide bonds. The zero-order chi connectivity index (χ0) is 36.8. The second kappa shape index (κ2) is 18.1. The number of hydrogen-bond acceptors (Lipinski definition) is 0. The first-order valence-electron chi connectivity index (χ1n) is 22.2. The van der Waals surface area contributed by atoms with E-state index < -0.39 is 31.3 Å². The van der Waals surface area contributed by atoms with Gasteiger partial charge in [-0.2, -0.15) is 0 Å². The second-order valence-electron chi connectivity index (χ2n) is 18.1. The third kappa shape index (κ3) is 7.55. The predicted octanol–water partition coefficient (Wildman–Crippen LogP) is 9.70. The molecule has 1 heterocycles. The Hall–Kier alpha value is -1.96. The van der Waals surface area contributed by atoms with Gasteiger partial charge in [0.05, 0.1) is 0 Å². The molecule has 0 nitrogen and oxygen atoms in total. The summed E-state index contributed by atoms with van der Waals surface area (Å²) in [5, 5.41) is 3.70. The monoisotopic (exact) mass is 874 g/mol. The molecule has 4 aliphatic carbocycles. The van der Waals surface area contributed by atoms with Crippen LogP contribution in [0.3, 0.4) is 0 Å². The standard InChI is InChI=1S/C52H62Si.2ClH.Zr/c1-5-7-17-45-35-43-23-15-25-47(41-31-27-39(28-32-41)37-19-11-9-12-20-37)49(43)51(45)53(3,4)52-46(18-8-6-2)36-44-24-16-26-48(50(44)52)42-33-29-40(30-34-42)38-21-13-10-14-22-38;;;/h15-16,23-38H,5-14,17-22H2,1-4H3;2*1H;/q;;;+2/p-2. The van der Waals surface area contributed by atoms with E-state index in [0.29, 0.717) is 7.25 Å². The van der Waals surface area contributed by atoms with E-state index in [-0.39, 0.29) is 24.8 Å². The topological polar surface area (TPSA) is 0 Å². The van der Waals surface area contributed by atoms with Gasteiger partial charge < -0.3 is 24.8 Å². The molecule has 0 radical (unpaired) electrons. The van der Waals surface area contributed by atoms with Crippen molar-refractivity contribution in [3.05, 3.63) is 129 Å². The fourth-order valence-electron chi connectivity index (χ4n) is 11.8. The average Bonchev–Trinajstić information content (AvgIpc) is 3.74. The molecule has 2 saturated carbocycles. The van der Waals surface area contributed by atoms with Crippen molar-refractivity contribution in [3.8, 4) is 22.3 Å². The molecule has 2 atom stereocenters. The van der Waals surface area contributed by atoms with Crippen molar-refractivity contribution in [1.29, 1.82) is 0 Å². The van der Waals surface area contributed by atoms with Crippen LogP contribution >= 0.6 is 0 Å². The summed E-state index contributed by atoms with van der Waals surface area (Å²) in [5.41, 5.74) is 19.7. The van der Waals surface area contributed by atoms with Gasteiger partial charge in [-0.15, -0.1) is 0 Å². The Labute approximate surface area is 364 Å². The zero-order valence-corrected chi connectivity index (χ0v) is 39.4. The first-order chi connectivity index (χ1) is 26.5. The van der Waals surface area contributed by atoms with Gasteiger partial charge in [0.15, 0.2) is 0 Å². The molecule has 2 fully saturated rings. The van der Waals surface area contributed by atoms with E-state index in [1.165, 1.54) is 125 Å². The van der Waals surface area contributed by atoms with Gasteiger partial charge >= 0.3 is 342 Å². The minimum Gasteiger partial charge on any atom is -1.00 e. The van der Waals surface area contributed by atoms with Crippen LogP contribution in [-0.4, -0.2) is 8.07 Å². The van der Waals surface area contributed by atoms with Crippen LogP contribution in [0.2, 0.25) is 13.1 Å². The van der Waals surface area contributed by atoms with E-state index in [2.05, 4.69) is 112 Å². The molecule has 4 aromatic rings. The van der Waals surface area contributed by atoms with E-state index in [1.54, 1.807) is 33.4 Å². The summed E-state index contributed by atoms with van der Waals surface area (Å²) in [5.74, 6) is 1.51. The SMILES string of the molecule is CCCCC1=C2c3c(-c4ccc(C5CCCCC5)cc4)cccc3[CH]1[Zr+2][CH]1C(CCCC)=C(c3c(-c4ccc(C5CCCCC5)cc4)cccc31)[Si]2(C)C.[Cl-].[Cl-]. The molecule has 2 unspecified atom stereocenters. The van der Waals surface area contributed by atoms with Crippen molar-refractivity contribution in [3.63, 3.8) is 0 Å². The maximum atomic E-state index is 2.79. The van der Waals surface area contributed by atoms with Crippen LogP contribution < -0.4 is 24.8 Å². The maximum Gasteiger partial charge on any atom is -1.00 e. The number of allylic oxidation sites excluding steroid dienone is 2. The third-order valence-corrected chi connectivity index (χ3v) is 23.0. The van der Waals surface area contributed by atoms with Crippen molar-refractivity contribution in [2.24, 2.45) is 0 Å². The summed E-state index contributed by atoms with van der Waals surface area (Å²) < 4.78 is 1.37. The van der Waals surface area contributed by atoms with E-state index in [9.17, 15) is 0 Å². The summed E-state index contributed by atoms with van der Waals surface area (Å²) in [6.45, 7) is 10.4. The van der Waals surface area contributed by atoms with Crippen LogP contribution in [0.15, 0.2) is 96.1 Å². The smallest absolute Gasteiger partial charge is 1.00 e. The van der Waals surface area contributed by atoms with Crippen LogP contribution in [0.1, 0.15) is 169 Å². The number of hydrogen-bond donors (Lipinski definition) is 0. The molecule has 0 N–H and O–H groups in total. The van der Waals surface area contributed by atoms with Gasteiger partial charge in [-0.1, -0.05) is 0 Å². The molecule has 1 aliphatic heterocycles. The molecule has 0 spiro atoms. The Morgan fingerprint density at radius 2 is 0.911 bits per heavy atom. The largest absolute Gasteiger partial charge is 1.00 e. The minimum absolute atomic E-state index is 0. The van der Waals surface area contributed by atoms with Crippen molar-refractivity contribution in [2.45, 2.75) is 149 Å². The van der Waals surface area contributed by atoms with Crippen LogP contribution in [0, 0.1) is 0 Å². The molecule has 4 aromatic carbocycles. The van der Waals surface area contributed by atoms with Crippen molar-refractivity contribution < 1.29 is 48.0 Å². The number of unbranched alkanes of at least 4 members (excludes halogenated alkanes) is 2. The summed E-state index contributed by atoms with van der Waals surface area (Å²) >= 11 is -0.983. The van der Waals surface area contributed by atoms with Gasteiger partial charge in [-0.05, 0) is 0 Å². The van der Waals surface area contributed by atoms with Crippen LogP contribution in [0.4, 0.5) is 0 Å². The Bertz CT molecular complexity index is 1910. The van der Waals surface area contributed by atoms with E-state index in [4.69, 9.17) is 0 Å². The Morgan fingerprint density at radius 1 is 0.518 bits per heavy atom. The minimum atomic E-state index is -2.19. The number of halogens is 2. The van der Waals surface area contributed by atoms with Gasteiger partial charge in [0.1, 0.15) is 0 Å². The van der Waals surface area contributed by atoms with Crippen molar-refractivity contribution >= 4 is 18.5 Å². The molecule has 0 saturated heterocycles. The fourth-order valence-corrected chi connectivity index (χ4v) is 22.0. The van der Waals surface area contributed by atoms with Crippen molar-refractivity contribution in [1.82, 2.24) is 0 Å². The van der Waals surface area contributed by atoms with Crippen molar-refractivity contribution in [2.75, 3.05) is 0 Å². The zero-order valence-electron chi connectivity index (χ0n) is 34.5. The van der Waals surface area contributed by atoms with E-state index in [0.717, 1.165) is 11.8 Å². The summed E-state index contributed by atoms with van der Waals surface area (Å²) in [4.78, 5) is 0. The fraction of sp³-hybridized carbons (Fsp3) is 0.462. The molecule has 56 heavy (non-hydrogen) atoms. The first kappa shape index (κ1) is 42.2. The third-order valence-electron chi connectivity index (χ3n) is 14.4. The molecule has 4 heteroatoms. The predicted molar refractivity (Wildman–Crippen MR) is 231 cm³/mol. The molecular formula is C52H62Cl2SiZr. The Balaban J connectivity index is 0.00000240. The molecule has 4 bridgehead atoms. The van der Waals surface area contributed by atoms with Gasteiger partial charge in [0, 0.05) is 0 Å². The van der Waals surface area contributed by atoms with E-state index >= 15 is 0 Å². The van der Waals surface area contributed by atoms with Gasteiger partial charge in [0.25, 0.3) is 0 Å². The number of fused-ring (bicyclic) bond motifs is 8. The van der Waals surface area contributed by atoms with E-state index in [1.807, 2.05) is 21.5 Å². The molecule has 9 rings (SSSR count). The summed E-state index contributed by atoms with van der Waals surface area (Å²) in [6.07, 6.45) is 21.6. The number of rotatable bonds is 10. The first-order valence-corrected chi connectivity index (χ1v) is 28.0. The maximum absolute atomic E-state index is 2.79. The molecule has 292 valence electrons. The number of benzene rings is 4. The quantitative estimate of drug-likeness (QED) is 0.139. The molecule has 0 aromatic heterocycles. The van der Waals surface area contributed by atoms with Gasteiger partial charge in [0.2, 0.25) is 0 Å². The van der Waals surface area contributed by atoms with Crippen LogP contribution in [0.5, 0.6) is 0 Å². The molecule has 5 aliphatic rings. The molecular weight excluding hydrogens is 815 g/mol. The van der Waals surface area contributed by atoms with Gasteiger partial charge in [-0.25, -0.2) is 0 Å². The summed E-state index contributed by atoms with van der Waals surface area (Å²) in [6, 6.07) is 35.1. The van der Waals surface area contributed by atoms with Gasteiger partial charge in [-0.3, -0.25) is 0 Å². The van der Waals surface area contributed by atoms with Crippen LogP contribution in [0.25, 0.3) is 32.6 Å². The average molecular weight is 877 g/mol. The summed E-state index contributed by atoms with van der Waals surface area (Å²) in [7, 11) is -2.19. The Morgan fingerprint density at radius 3 is 1.29 bits per heavy atom. The second-order valence-corrected chi connectivity index (χ2v) is 26.0.